The number of anilines is 1. The molecule has 3 amide bonds. The highest BCUT2D eigenvalue weighted by Gasteiger charge is 2.42. The number of benzene rings is 1. The molecule has 10 heteroatoms. The standard InChI is InChI=1S/C24H35N3O7/c1-17(2)34-15-14-33-13-12-32-11-10-31-9-8-26-22(28)7-6-21(24(26)30)27-16-19-18(23(27)29)4-3-5-20(19)25/h3-5,17,21H,6-16,25H2,1-2H3. The van der Waals surface area contributed by atoms with E-state index >= 15 is 0 Å². The van der Waals surface area contributed by atoms with Crippen LogP contribution in [-0.2, 0) is 35.1 Å². The van der Waals surface area contributed by atoms with Crippen molar-refractivity contribution in [1.82, 2.24) is 9.80 Å². The van der Waals surface area contributed by atoms with Crippen molar-refractivity contribution < 1.29 is 33.3 Å². The van der Waals surface area contributed by atoms with Crippen LogP contribution in [0.15, 0.2) is 18.2 Å². The number of ether oxygens (including phenoxy) is 4. The molecular weight excluding hydrogens is 442 g/mol. The zero-order valence-electron chi connectivity index (χ0n) is 20.0. The van der Waals surface area contributed by atoms with E-state index in [1.807, 2.05) is 13.8 Å². The van der Waals surface area contributed by atoms with Crippen molar-refractivity contribution in [1.29, 1.82) is 0 Å². The van der Waals surface area contributed by atoms with Crippen LogP contribution in [0.25, 0.3) is 0 Å². The summed E-state index contributed by atoms with van der Waals surface area (Å²) in [5.41, 5.74) is 7.80. The maximum absolute atomic E-state index is 13.0. The van der Waals surface area contributed by atoms with E-state index in [0.717, 1.165) is 5.56 Å². The number of piperidine rings is 1. The lowest BCUT2D eigenvalue weighted by Crippen LogP contribution is -2.55. The van der Waals surface area contributed by atoms with Crippen LogP contribution in [0, 0.1) is 0 Å². The molecule has 188 valence electrons. The van der Waals surface area contributed by atoms with Crippen molar-refractivity contribution in [2.24, 2.45) is 0 Å². The summed E-state index contributed by atoms with van der Waals surface area (Å²) in [6.45, 7) is 7.32. The third-order valence-electron chi connectivity index (χ3n) is 5.77. The van der Waals surface area contributed by atoms with Crippen LogP contribution < -0.4 is 5.73 Å². The summed E-state index contributed by atoms with van der Waals surface area (Å²) in [6.07, 6.45) is 0.712. The van der Waals surface area contributed by atoms with Crippen molar-refractivity contribution in [2.75, 3.05) is 58.5 Å². The average molecular weight is 478 g/mol. The van der Waals surface area contributed by atoms with Crippen LogP contribution in [0.2, 0.25) is 0 Å². The van der Waals surface area contributed by atoms with Crippen molar-refractivity contribution >= 4 is 23.4 Å². The van der Waals surface area contributed by atoms with E-state index in [0.29, 0.717) is 57.3 Å². The molecule has 1 atom stereocenters. The lowest BCUT2D eigenvalue weighted by atomic mass is 10.0. The number of nitrogens with two attached hydrogens (primary N) is 1. The Morgan fingerprint density at radius 1 is 0.971 bits per heavy atom. The Labute approximate surface area is 200 Å². The number of rotatable bonds is 14. The highest BCUT2D eigenvalue weighted by molar-refractivity contribution is 6.06. The van der Waals surface area contributed by atoms with Gasteiger partial charge in [0.25, 0.3) is 11.8 Å². The highest BCUT2D eigenvalue weighted by atomic mass is 16.6. The second kappa shape index (κ2) is 12.8. The monoisotopic (exact) mass is 477 g/mol. The maximum atomic E-state index is 13.0. The molecular formula is C24H35N3O7. The summed E-state index contributed by atoms with van der Waals surface area (Å²) >= 11 is 0. The fourth-order valence-electron chi connectivity index (χ4n) is 4.02. The number of carbonyl (C=O) groups excluding carboxylic acids is 3. The van der Waals surface area contributed by atoms with Crippen LogP contribution in [0.3, 0.4) is 0 Å². The molecule has 0 radical (unpaired) electrons. The van der Waals surface area contributed by atoms with E-state index in [4.69, 9.17) is 24.7 Å². The molecule has 1 fully saturated rings. The summed E-state index contributed by atoms with van der Waals surface area (Å²) < 4.78 is 21.7. The largest absolute Gasteiger partial charge is 0.398 e. The number of likely N-dealkylation sites (tertiary alicyclic amines) is 1. The normalized spacial score (nSPS) is 18.3. The third kappa shape index (κ3) is 6.75. The first-order valence-electron chi connectivity index (χ1n) is 11.8. The average Bonchev–Trinajstić information content (AvgIpc) is 3.14. The first kappa shape index (κ1) is 26.1. The number of carbonyl (C=O) groups is 3. The van der Waals surface area contributed by atoms with Gasteiger partial charge in [0.2, 0.25) is 5.91 Å². The van der Waals surface area contributed by atoms with Crippen molar-refractivity contribution in [3.8, 4) is 0 Å². The second-order valence-corrected chi connectivity index (χ2v) is 8.50. The molecule has 0 saturated carbocycles. The highest BCUT2D eigenvalue weighted by Crippen LogP contribution is 2.31. The quantitative estimate of drug-likeness (QED) is 0.241. The molecule has 0 bridgehead atoms. The van der Waals surface area contributed by atoms with Crippen molar-refractivity contribution in [2.45, 2.75) is 45.4 Å². The molecule has 1 aromatic carbocycles. The van der Waals surface area contributed by atoms with Gasteiger partial charge in [-0.3, -0.25) is 19.3 Å². The number of fused-ring (bicyclic) bond motifs is 1. The minimum absolute atomic E-state index is 0.143. The molecule has 1 aromatic rings. The summed E-state index contributed by atoms with van der Waals surface area (Å²) in [7, 11) is 0. The molecule has 0 aliphatic carbocycles. The van der Waals surface area contributed by atoms with Gasteiger partial charge in [-0.15, -0.1) is 0 Å². The Morgan fingerprint density at radius 3 is 2.26 bits per heavy atom. The van der Waals surface area contributed by atoms with Gasteiger partial charge in [0.15, 0.2) is 0 Å². The van der Waals surface area contributed by atoms with Crippen molar-refractivity contribution in [3.05, 3.63) is 29.3 Å². The minimum Gasteiger partial charge on any atom is -0.398 e. The number of nitrogens with zero attached hydrogens (tertiary/aromatic N) is 2. The van der Waals surface area contributed by atoms with Gasteiger partial charge in [-0.25, -0.2) is 0 Å². The number of hydrogen-bond donors (Lipinski definition) is 1. The molecule has 2 N–H and O–H groups in total. The predicted molar refractivity (Wildman–Crippen MR) is 124 cm³/mol. The van der Waals surface area contributed by atoms with Crippen LogP contribution in [0.5, 0.6) is 0 Å². The van der Waals surface area contributed by atoms with Gasteiger partial charge in [0, 0.05) is 29.8 Å². The summed E-state index contributed by atoms with van der Waals surface area (Å²) in [4.78, 5) is 40.9. The Bertz CT molecular complexity index is 861. The number of hydrogen-bond acceptors (Lipinski definition) is 8. The zero-order chi connectivity index (χ0) is 24.5. The predicted octanol–water partition coefficient (Wildman–Crippen LogP) is 1.22. The molecule has 2 aliphatic rings. The maximum Gasteiger partial charge on any atom is 0.255 e. The molecule has 3 rings (SSSR count). The van der Waals surface area contributed by atoms with E-state index in [9.17, 15) is 14.4 Å². The topological polar surface area (TPSA) is 121 Å². The zero-order valence-corrected chi connectivity index (χ0v) is 20.0. The molecule has 2 aliphatic heterocycles. The molecule has 0 spiro atoms. The van der Waals surface area contributed by atoms with Gasteiger partial charge in [0.05, 0.1) is 58.9 Å². The summed E-state index contributed by atoms with van der Waals surface area (Å²) in [6, 6.07) is 4.51. The second-order valence-electron chi connectivity index (χ2n) is 8.50. The van der Waals surface area contributed by atoms with Gasteiger partial charge in [-0.2, -0.15) is 0 Å². The Balaban J connectivity index is 1.34. The van der Waals surface area contributed by atoms with E-state index < -0.39 is 6.04 Å². The minimum atomic E-state index is -0.675. The third-order valence-corrected chi connectivity index (χ3v) is 5.77. The number of nitrogen functional groups attached to an aromatic ring is 1. The number of imide groups is 1. The molecule has 10 nitrogen and oxygen atoms in total. The SMILES string of the molecule is CC(C)OCCOCCOCCOCCN1C(=O)CCC(N2Cc3c(N)cccc3C2=O)C1=O. The van der Waals surface area contributed by atoms with E-state index in [-0.39, 0.29) is 49.9 Å². The van der Waals surface area contributed by atoms with E-state index in [1.165, 1.54) is 9.80 Å². The van der Waals surface area contributed by atoms with E-state index in [2.05, 4.69) is 0 Å². The lowest BCUT2D eigenvalue weighted by Gasteiger charge is -2.35. The summed E-state index contributed by atoms with van der Waals surface area (Å²) in [5.74, 6) is -0.836. The molecule has 1 unspecified atom stereocenters. The smallest absolute Gasteiger partial charge is 0.255 e. The van der Waals surface area contributed by atoms with Crippen LogP contribution in [0.1, 0.15) is 42.6 Å². The van der Waals surface area contributed by atoms with Gasteiger partial charge in [-0.05, 0) is 32.4 Å². The van der Waals surface area contributed by atoms with E-state index in [1.54, 1.807) is 18.2 Å². The first-order valence-corrected chi connectivity index (χ1v) is 11.8. The Hall–Kier alpha value is -2.53. The van der Waals surface area contributed by atoms with Crippen LogP contribution >= 0.6 is 0 Å². The van der Waals surface area contributed by atoms with Gasteiger partial charge < -0.3 is 29.6 Å². The molecule has 0 aromatic heterocycles. The summed E-state index contributed by atoms with van der Waals surface area (Å²) in [5, 5.41) is 0. The number of amides is 3. The van der Waals surface area contributed by atoms with Gasteiger partial charge >= 0.3 is 0 Å². The van der Waals surface area contributed by atoms with Crippen LogP contribution in [-0.4, -0.2) is 92.5 Å². The van der Waals surface area contributed by atoms with Crippen LogP contribution in [0.4, 0.5) is 5.69 Å². The molecule has 1 saturated heterocycles. The Morgan fingerprint density at radius 2 is 1.62 bits per heavy atom. The van der Waals surface area contributed by atoms with Gasteiger partial charge in [0.1, 0.15) is 6.04 Å². The fourth-order valence-corrected chi connectivity index (χ4v) is 4.02. The van der Waals surface area contributed by atoms with Crippen molar-refractivity contribution in [3.63, 3.8) is 0 Å². The Kier molecular flexibility index (Phi) is 9.82. The molecule has 34 heavy (non-hydrogen) atoms. The van der Waals surface area contributed by atoms with Gasteiger partial charge in [-0.1, -0.05) is 6.07 Å². The molecule has 2 heterocycles. The lowest BCUT2D eigenvalue weighted by molar-refractivity contribution is -0.153. The first-order chi connectivity index (χ1) is 16.4. The fraction of sp³-hybridized carbons (Fsp3) is 0.625.